The van der Waals surface area contributed by atoms with Gasteiger partial charge in [-0.15, -0.1) is 0 Å². The Labute approximate surface area is 139 Å². The summed E-state index contributed by atoms with van der Waals surface area (Å²) in [5.74, 6) is 0.695. The van der Waals surface area contributed by atoms with Crippen molar-refractivity contribution < 1.29 is 13.2 Å². The van der Waals surface area contributed by atoms with Gasteiger partial charge in [-0.2, -0.15) is 0 Å². The van der Waals surface area contributed by atoms with Gasteiger partial charge in [0.15, 0.2) is 0 Å². The lowest BCUT2D eigenvalue weighted by molar-refractivity contribution is 0.412. The third-order valence-corrected chi connectivity index (χ3v) is 5.91. The molecule has 7 heteroatoms. The molecule has 23 heavy (non-hydrogen) atoms. The fraction of sp³-hybridized carbons (Fsp3) is 0.625. The van der Waals surface area contributed by atoms with Crippen molar-refractivity contribution in [3.05, 3.63) is 18.2 Å². The van der Waals surface area contributed by atoms with Gasteiger partial charge in [0.1, 0.15) is 5.75 Å². The maximum atomic E-state index is 12.7. The summed E-state index contributed by atoms with van der Waals surface area (Å²) in [5, 5.41) is 3.29. The summed E-state index contributed by atoms with van der Waals surface area (Å²) < 4.78 is 33.5. The quantitative estimate of drug-likeness (QED) is 0.822. The lowest BCUT2D eigenvalue weighted by Crippen LogP contribution is -2.44. The van der Waals surface area contributed by atoms with Gasteiger partial charge in [-0.3, -0.25) is 0 Å². The first-order valence-corrected chi connectivity index (χ1v) is 9.45. The highest BCUT2D eigenvalue weighted by Gasteiger charge is 2.26. The molecule has 1 aromatic rings. The van der Waals surface area contributed by atoms with E-state index in [1.165, 1.54) is 0 Å². The van der Waals surface area contributed by atoms with E-state index in [1.54, 1.807) is 25.3 Å². The molecule has 0 bridgehead atoms. The number of methoxy groups -OCH3 is 1. The standard InChI is InChI=1S/C16H27N3O3S/c1-5-16(2,3)18-23(20,21)13-6-7-15(22-4)14(12-13)19-10-8-17-9-11-19/h6-7,12,17-18H,5,8-11H2,1-4H3. The molecule has 0 atom stereocenters. The number of anilines is 1. The minimum Gasteiger partial charge on any atom is -0.495 e. The minimum absolute atomic E-state index is 0.272. The molecule has 0 spiro atoms. The van der Waals surface area contributed by atoms with Crippen LogP contribution in [0.1, 0.15) is 27.2 Å². The molecule has 1 aliphatic rings. The van der Waals surface area contributed by atoms with Crippen molar-refractivity contribution in [1.82, 2.24) is 10.0 Å². The van der Waals surface area contributed by atoms with Gasteiger partial charge in [0, 0.05) is 31.7 Å². The summed E-state index contributed by atoms with van der Waals surface area (Å²) in [7, 11) is -1.96. The second kappa shape index (κ2) is 7.07. The van der Waals surface area contributed by atoms with Crippen LogP contribution in [0.5, 0.6) is 5.75 Å². The highest BCUT2D eigenvalue weighted by Crippen LogP contribution is 2.31. The predicted octanol–water partition coefficient (Wildman–Crippen LogP) is 1.57. The zero-order valence-corrected chi connectivity index (χ0v) is 15.2. The summed E-state index contributed by atoms with van der Waals surface area (Å²) in [6.45, 7) is 9.13. The molecule has 6 nitrogen and oxygen atoms in total. The van der Waals surface area contributed by atoms with Gasteiger partial charge in [-0.05, 0) is 38.5 Å². The fourth-order valence-corrected chi connectivity index (χ4v) is 3.99. The molecular formula is C16H27N3O3S. The molecule has 0 amide bonds. The zero-order valence-electron chi connectivity index (χ0n) is 14.3. The van der Waals surface area contributed by atoms with Crippen LogP contribution >= 0.6 is 0 Å². The van der Waals surface area contributed by atoms with Crippen molar-refractivity contribution in [2.75, 3.05) is 38.2 Å². The van der Waals surface area contributed by atoms with E-state index >= 15 is 0 Å². The van der Waals surface area contributed by atoms with Gasteiger partial charge >= 0.3 is 0 Å². The van der Waals surface area contributed by atoms with Crippen LogP contribution < -0.4 is 19.7 Å². The number of nitrogens with one attached hydrogen (secondary N) is 2. The molecule has 0 aliphatic carbocycles. The third kappa shape index (κ3) is 4.37. The van der Waals surface area contributed by atoms with E-state index in [9.17, 15) is 8.42 Å². The Bertz CT molecular complexity index is 638. The summed E-state index contributed by atoms with van der Waals surface area (Å²) in [6.07, 6.45) is 0.715. The Hall–Kier alpha value is -1.31. The van der Waals surface area contributed by atoms with Gasteiger partial charge in [0.05, 0.1) is 17.7 Å². The van der Waals surface area contributed by atoms with Crippen molar-refractivity contribution in [3.8, 4) is 5.75 Å². The smallest absolute Gasteiger partial charge is 0.241 e. The van der Waals surface area contributed by atoms with E-state index in [1.807, 2.05) is 20.8 Å². The molecule has 0 radical (unpaired) electrons. The van der Waals surface area contributed by atoms with E-state index in [2.05, 4.69) is 14.9 Å². The number of sulfonamides is 1. The number of hydrogen-bond acceptors (Lipinski definition) is 5. The van der Waals surface area contributed by atoms with Gasteiger partial charge in [-0.1, -0.05) is 6.92 Å². The van der Waals surface area contributed by atoms with Crippen molar-refractivity contribution in [2.45, 2.75) is 37.6 Å². The zero-order chi connectivity index (χ0) is 17.1. The van der Waals surface area contributed by atoms with Crippen molar-refractivity contribution >= 4 is 15.7 Å². The molecule has 0 aromatic heterocycles. The van der Waals surface area contributed by atoms with Crippen molar-refractivity contribution in [3.63, 3.8) is 0 Å². The maximum Gasteiger partial charge on any atom is 0.241 e. The van der Waals surface area contributed by atoms with Crippen LogP contribution in [0.15, 0.2) is 23.1 Å². The van der Waals surface area contributed by atoms with Gasteiger partial charge in [0.25, 0.3) is 0 Å². The molecule has 1 saturated heterocycles. The molecular weight excluding hydrogens is 314 g/mol. The van der Waals surface area contributed by atoms with Crippen LogP contribution in [0.25, 0.3) is 0 Å². The van der Waals surface area contributed by atoms with E-state index < -0.39 is 15.6 Å². The van der Waals surface area contributed by atoms with Crippen LogP contribution in [-0.2, 0) is 10.0 Å². The van der Waals surface area contributed by atoms with Crippen LogP contribution in [0.4, 0.5) is 5.69 Å². The maximum absolute atomic E-state index is 12.7. The SMILES string of the molecule is CCC(C)(C)NS(=O)(=O)c1ccc(OC)c(N2CCNCC2)c1. The Morgan fingerprint density at radius 3 is 2.52 bits per heavy atom. The first kappa shape index (κ1) is 18.0. The summed E-state index contributed by atoms with van der Waals surface area (Å²) in [4.78, 5) is 2.42. The van der Waals surface area contributed by atoms with Crippen LogP contribution in [0.2, 0.25) is 0 Å². The molecule has 2 rings (SSSR count). The number of nitrogens with zero attached hydrogens (tertiary/aromatic N) is 1. The molecule has 0 saturated carbocycles. The van der Waals surface area contributed by atoms with E-state index in [0.717, 1.165) is 31.9 Å². The molecule has 1 aromatic carbocycles. The highest BCUT2D eigenvalue weighted by molar-refractivity contribution is 7.89. The monoisotopic (exact) mass is 341 g/mol. The molecule has 2 N–H and O–H groups in total. The number of rotatable bonds is 6. The molecule has 1 heterocycles. The van der Waals surface area contributed by atoms with Gasteiger partial charge in [-0.25, -0.2) is 13.1 Å². The number of benzene rings is 1. The predicted molar refractivity (Wildman–Crippen MR) is 92.8 cm³/mol. The fourth-order valence-electron chi connectivity index (χ4n) is 2.48. The van der Waals surface area contributed by atoms with Gasteiger partial charge < -0.3 is 15.0 Å². The topological polar surface area (TPSA) is 70.7 Å². The summed E-state index contributed by atoms with van der Waals surface area (Å²) in [6, 6.07) is 5.03. The second-order valence-corrected chi connectivity index (χ2v) is 8.10. The minimum atomic E-state index is -3.56. The van der Waals surface area contributed by atoms with Crippen LogP contribution in [-0.4, -0.2) is 47.2 Å². The molecule has 0 unspecified atom stereocenters. The normalized spacial score (nSPS) is 16.4. The summed E-state index contributed by atoms with van der Waals surface area (Å²) >= 11 is 0. The Morgan fingerprint density at radius 2 is 1.96 bits per heavy atom. The highest BCUT2D eigenvalue weighted by atomic mass is 32.2. The number of hydrogen-bond donors (Lipinski definition) is 2. The second-order valence-electron chi connectivity index (χ2n) is 6.41. The first-order chi connectivity index (χ1) is 10.8. The van der Waals surface area contributed by atoms with Crippen LogP contribution in [0, 0.1) is 0 Å². The van der Waals surface area contributed by atoms with E-state index in [0.29, 0.717) is 12.2 Å². The average molecular weight is 341 g/mol. The lowest BCUT2D eigenvalue weighted by Gasteiger charge is -2.31. The van der Waals surface area contributed by atoms with Crippen LogP contribution in [0.3, 0.4) is 0 Å². The largest absolute Gasteiger partial charge is 0.495 e. The molecule has 1 fully saturated rings. The van der Waals surface area contributed by atoms with E-state index in [-0.39, 0.29) is 4.90 Å². The first-order valence-electron chi connectivity index (χ1n) is 7.97. The number of ether oxygens (including phenoxy) is 1. The van der Waals surface area contributed by atoms with Gasteiger partial charge in [0.2, 0.25) is 10.0 Å². The summed E-state index contributed by atoms with van der Waals surface area (Å²) in [5.41, 5.74) is 0.347. The molecule has 130 valence electrons. The Morgan fingerprint density at radius 1 is 1.30 bits per heavy atom. The average Bonchev–Trinajstić information content (AvgIpc) is 2.54. The molecule has 1 aliphatic heterocycles. The Balaban J connectivity index is 2.36. The van der Waals surface area contributed by atoms with E-state index in [4.69, 9.17) is 4.74 Å². The Kier molecular flexibility index (Phi) is 5.54. The lowest BCUT2D eigenvalue weighted by atomic mass is 10.0. The third-order valence-electron chi connectivity index (χ3n) is 4.21. The van der Waals surface area contributed by atoms with Crippen molar-refractivity contribution in [1.29, 1.82) is 0 Å². The van der Waals surface area contributed by atoms with Crippen molar-refractivity contribution in [2.24, 2.45) is 0 Å². The number of piperazine rings is 1.